The molecule has 41 heteroatoms. The summed E-state index contributed by atoms with van der Waals surface area (Å²) in [6.45, 7) is 4.79. The van der Waals surface area contributed by atoms with Crippen molar-refractivity contribution in [3.63, 3.8) is 0 Å². The Balaban J connectivity index is 2.67. The normalized spacial score (nSPS) is 12.0. The molecule has 18 N–H and O–H groups in total. The molecule has 0 aromatic heterocycles. The van der Waals surface area contributed by atoms with Crippen LogP contribution in [-0.4, -0.2) is 265 Å². The van der Waals surface area contributed by atoms with Crippen molar-refractivity contribution in [3.05, 3.63) is 20.4 Å². The predicted octanol–water partition coefficient (Wildman–Crippen LogP) is 1.64. The van der Waals surface area contributed by atoms with E-state index in [-0.39, 0.29) is 233 Å². The fourth-order valence-electron chi connectivity index (χ4n) is 11.1. The summed E-state index contributed by atoms with van der Waals surface area (Å²) in [7, 11) is 0. The summed E-state index contributed by atoms with van der Waals surface area (Å²) in [6.07, 6.45) is 5.57. The zero-order chi connectivity index (χ0) is 84.6. The second kappa shape index (κ2) is 59.5. The van der Waals surface area contributed by atoms with Gasteiger partial charge < -0.3 is 83.5 Å². The number of nitrogens with one attached hydrogen (secondary N) is 10. The molecule has 0 saturated carbocycles. The number of unbranched alkanes of at least 4 members (excludes halogenated alkanes) is 9. The van der Waals surface area contributed by atoms with Gasteiger partial charge in [-0.25, -0.2) is 44.0 Å². The molecule has 0 heterocycles. The Kier molecular flexibility index (Phi) is 53.0. The first-order valence-electron chi connectivity index (χ1n) is 38.5. The van der Waals surface area contributed by atoms with Crippen LogP contribution < -0.4 is 64.0 Å². The summed E-state index contributed by atoms with van der Waals surface area (Å²) in [6, 6.07) is -7.94. The SMILES string of the molecule is CC(=O)CCC(NC(=O)NC(CCCCNC(=O)CCCC(=O)NCCN(CCCC(=O)CCCC(=O)NCCCCC(NC(=O)NC(CCC(=O)O)C(=O)O)C(=O)O)CCNc1c(NCCCCCN(O)C(=O)CCC(=O)CCCCCCN(O)C(=O)CCC(=O)NCCCCCN(O)C(C)=O)c(=O)c1=O)C(=O)O)C(=O)O. The number of Topliss-reactive ketones (excluding diaryl/α,β-unsaturated/α-hetero) is 3. The number of hydroxylamine groups is 6. The van der Waals surface area contributed by atoms with Crippen LogP contribution in [0.25, 0.3) is 0 Å². The molecule has 113 heavy (non-hydrogen) atoms. The van der Waals surface area contributed by atoms with Crippen LogP contribution in [0.15, 0.2) is 9.59 Å². The first-order chi connectivity index (χ1) is 53.6. The van der Waals surface area contributed by atoms with E-state index in [0.29, 0.717) is 112 Å². The van der Waals surface area contributed by atoms with Gasteiger partial charge in [0, 0.05) is 156 Å². The van der Waals surface area contributed by atoms with Crippen LogP contribution in [0.5, 0.6) is 0 Å². The van der Waals surface area contributed by atoms with E-state index < -0.39 is 107 Å². The highest BCUT2D eigenvalue weighted by atomic mass is 16.5. The smallest absolute Gasteiger partial charge is 0.326 e. The Morgan fingerprint density at radius 2 is 0.664 bits per heavy atom. The molecule has 0 saturated heterocycles. The summed E-state index contributed by atoms with van der Waals surface area (Å²) in [4.78, 5) is 232. The number of carbonyl (C=O) groups is 17. The minimum absolute atomic E-state index is 0.00210. The predicted molar refractivity (Wildman–Crippen MR) is 403 cm³/mol. The van der Waals surface area contributed by atoms with E-state index in [2.05, 4.69) is 47.9 Å². The van der Waals surface area contributed by atoms with Gasteiger partial charge in [-0.1, -0.05) is 12.8 Å². The molecule has 0 bridgehead atoms. The second-order valence-electron chi connectivity index (χ2n) is 27.3. The summed E-state index contributed by atoms with van der Waals surface area (Å²) >= 11 is 0. The van der Waals surface area contributed by atoms with Gasteiger partial charge in [-0.15, -0.1) is 0 Å². The largest absolute Gasteiger partial charge is 0.481 e. The van der Waals surface area contributed by atoms with Crippen molar-refractivity contribution in [2.75, 3.05) is 89.2 Å². The van der Waals surface area contributed by atoms with Gasteiger partial charge in [0.2, 0.25) is 41.4 Å². The van der Waals surface area contributed by atoms with Crippen molar-refractivity contribution in [3.8, 4) is 0 Å². The molecular weight excluding hydrogens is 1490 g/mol. The molecule has 1 rings (SSSR count). The summed E-state index contributed by atoms with van der Waals surface area (Å²) in [5, 5.41) is 104. The van der Waals surface area contributed by atoms with Gasteiger partial charge in [0.25, 0.3) is 10.9 Å². The lowest BCUT2D eigenvalue weighted by atomic mass is 10.1. The number of amides is 11. The van der Waals surface area contributed by atoms with E-state index in [9.17, 15) is 127 Å². The molecular formula is C72H118N14O27. The summed E-state index contributed by atoms with van der Waals surface area (Å²) in [5.74, 6) is -10.7. The zero-order valence-corrected chi connectivity index (χ0v) is 64.8. The number of carbonyl (C=O) groups excluding carboxylic acids is 12. The number of hydrogen-bond acceptors (Lipinski definition) is 25. The Labute approximate surface area is 654 Å². The third-order valence-electron chi connectivity index (χ3n) is 17.7. The van der Waals surface area contributed by atoms with Gasteiger partial charge in [0.15, 0.2) is 0 Å². The number of nitrogens with zero attached hydrogens (tertiary/aromatic N) is 4. The van der Waals surface area contributed by atoms with Crippen molar-refractivity contribution in [2.24, 2.45) is 0 Å². The maximum absolute atomic E-state index is 13.0. The number of carboxylic acid groups (broad SMARTS) is 5. The average Bonchev–Trinajstić information content (AvgIpc) is 0.785. The summed E-state index contributed by atoms with van der Waals surface area (Å²) in [5.41, 5.74) is -1.35. The fourth-order valence-corrected chi connectivity index (χ4v) is 11.1. The zero-order valence-electron chi connectivity index (χ0n) is 64.8. The van der Waals surface area contributed by atoms with E-state index in [1.807, 2.05) is 10.2 Å². The van der Waals surface area contributed by atoms with Crippen molar-refractivity contribution >= 4 is 112 Å². The highest BCUT2D eigenvalue weighted by Gasteiger charge is 2.28. The minimum Gasteiger partial charge on any atom is -0.481 e. The molecule has 0 radical (unpaired) electrons. The van der Waals surface area contributed by atoms with Crippen LogP contribution in [0.4, 0.5) is 21.0 Å². The second-order valence-corrected chi connectivity index (χ2v) is 27.3. The number of anilines is 2. The van der Waals surface area contributed by atoms with Crippen LogP contribution in [-0.2, 0) is 71.9 Å². The first kappa shape index (κ1) is 101. The highest BCUT2D eigenvalue weighted by Crippen LogP contribution is 2.16. The van der Waals surface area contributed by atoms with E-state index in [4.69, 9.17) is 5.11 Å². The molecule has 0 fully saturated rings. The molecule has 11 amide bonds. The molecule has 41 nitrogen and oxygen atoms in total. The third-order valence-corrected chi connectivity index (χ3v) is 17.7. The molecule has 638 valence electrons. The molecule has 1 aromatic carbocycles. The van der Waals surface area contributed by atoms with Gasteiger partial charge >= 0.3 is 41.9 Å². The number of urea groups is 2. The van der Waals surface area contributed by atoms with Gasteiger partial charge in [-0.3, -0.25) is 78.1 Å². The summed E-state index contributed by atoms with van der Waals surface area (Å²) < 4.78 is 0. The Morgan fingerprint density at radius 3 is 1.12 bits per heavy atom. The van der Waals surface area contributed by atoms with Crippen molar-refractivity contribution in [1.29, 1.82) is 0 Å². The molecule has 0 aliphatic carbocycles. The number of aliphatic carboxylic acids is 5. The first-order valence-corrected chi connectivity index (χ1v) is 38.5. The number of rotatable bonds is 69. The standard InChI is InChI=1S/C72H118N14O27/c1-48(87)28-30-54(69(105)106)81-71(109)79-52(67(101)102)23-9-13-38-74-57(92)26-18-27-58(93)76-40-46-83(42-19-22-50(89)21-17-25-56(91)73-37-12-8-24-53(68(103)104)80-72(110)82-55(70(107)108)31-35-62(97)98)47-41-78-64-63(65(99)66(64)100)77-39-11-6-16-45-85(112)60(95)33-29-51(90)20-7-3-4-14-44-86(113)61(96)34-32-59(94)75-36-10-5-15-43-84(111)49(2)88/h52-55,77-78,111-113H,3-47H2,1-2H3,(H,73,91)(H,74,92)(H,75,94)(H,76,93)(H,97,98)(H,101,102)(H,103,104)(H,105,106)(H,107,108)(H2,79,81,109)(H2,80,82,110). The quantitative estimate of drug-likeness (QED) is 0.0191. The Morgan fingerprint density at radius 1 is 0.310 bits per heavy atom. The molecule has 0 spiro atoms. The van der Waals surface area contributed by atoms with E-state index >= 15 is 0 Å². The number of ketones is 3. The van der Waals surface area contributed by atoms with Crippen molar-refractivity contribution < 1.29 is 123 Å². The van der Waals surface area contributed by atoms with Gasteiger partial charge in [-0.05, 0) is 135 Å². The Hall–Kier alpha value is -10.3. The maximum atomic E-state index is 13.0. The third kappa shape index (κ3) is 49.7. The molecule has 4 unspecified atom stereocenters. The van der Waals surface area contributed by atoms with Gasteiger partial charge in [0.1, 0.15) is 52.9 Å². The van der Waals surface area contributed by atoms with Crippen LogP contribution in [0, 0.1) is 0 Å². The average molecular weight is 1610 g/mol. The van der Waals surface area contributed by atoms with E-state index in [1.54, 1.807) is 0 Å². The monoisotopic (exact) mass is 1610 g/mol. The van der Waals surface area contributed by atoms with Gasteiger partial charge in [0.05, 0.1) is 0 Å². The molecule has 0 aliphatic rings. The maximum Gasteiger partial charge on any atom is 0.326 e. The van der Waals surface area contributed by atoms with Crippen LogP contribution in [0.1, 0.15) is 226 Å². The van der Waals surface area contributed by atoms with E-state index in [0.717, 1.165) is 0 Å². The van der Waals surface area contributed by atoms with Crippen LogP contribution in [0.2, 0.25) is 0 Å². The molecule has 1 aromatic rings. The number of carboxylic acids is 5. The topological polar surface area (TPSA) is 619 Å². The van der Waals surface area contributed by atoms with Crippen molar-refractivity contribution in [2.45, 2.75) is 250 Å². The Bertz CT molecular complexity index is 3200. The van der Waals surface area contributed by atoms with Crippen LogP contribution >= 0.6 is 0 Å². The van der Waals surface area contributed by atoms with Gasteiger partial charge in [-0.2, -0.15) is 0 Å². The van der Waals surface area contributed by atoms with Crippen molar-refractivity contribution in [1.82, 2.24) is 62.6 Å². The lowest BCUT2D eigenvalue weighted by Gasteiger charge is -2.23. The number of hydrogen-bond donors (Lipinski definition) is 18. The lowest BCUT2D eigenvalue weighted by molar-refractivity contribution is -0.166. The minimum atomic E-state index is -1.57. The highest BCUT2D eigenvalue weighted by molar-refractivity contribution is 5.89. The molecule has 4 atom stereocenters. The lowest BCUT2D eigenvalue weighted by Crippen LogP contribution is -2.51. The molecule has 0 aliphatic heterocycles. The van der Waals surface area contributed by atoms with Crippen LogP contribution in [0.3, 0.4) is 0 Å². The fraction of sp³-hybridized carbons (Fsp3) is 0.708. The van der Waals surface area contributed by atoms with E-state index in [1.165, 1.54) is 13.8 Å².